The molecule has 0 aliphatic rings. The highest BCUT2D eigenvalue weighted by atomic mass is 16.6. The number of ether oxygens (including phenoxy) is 1. The first-order valence-electron chi connectivity index (χ1n) is 9.46. The minimum Gasteiger partial charge on any atom is -0.466 e. The SMILES string of the molecule is CCOC(=O)CCCn1c(C)c(C(=O)c2cccc([N+](=O)[O-])c2)c2ccccc21. The summed E-state index contributed by atoms with van der Waals surface area (Å²) in [5.41, 5.74) is 2.34. The molecule has 7 nitrogen and oxygen atoms in total. The van der Waals surface area contributed by atoms with Gasteiger partial charge in [0.05, 0.1) is 17.1 Å². The monoisotopic (exact) mass is 394 g/mol. The molecule has 0 amide bonds. The number of carbonyl (C=O) groups excluding carboxylic acids is 2. The predicted octanol–water partition coefficient (Wildman–Crippen LogP) is 4.43. The van der Waals surface area contributed by atoms with Gasteiger partial charge in [0.15, 0.2) is 5.78 Å². The molecule has 0 unspecified atom stereocenters. The molecule has 1 heterocycles. The molecule has 29 heavy (non-hydrogen) atoms. The van der Waals surface area contributed by atoms with Crippen molar-refractivity contribution < 1.29 is 19.2 Å². The van der Waals surface area contributed by atoms with Crippen LogP contribution in [0.1, 0.15) is 41.4 Å². The van der Waals surface area contributed by atoms with Gasteiger partial charge < -0.3 is 9.30 Å². The van der Waals surface area contributed by atoms with Crippen molar-refractivity contribution in [2.75, 3.05) is 6.61 Å². The maximum atomic E-state index is 13.2. The van der Waals surface area contributed by atoms with Crippen molar-refractivity contribution >= 4 is 28.3 Å². The fraction of sp³-hybridized carbons (Fsp3) is 0.273. The summed E-state index contributed by atoms with van der Waals surface area (Å²) in [6, 6.07) is 13.3. The van der Waals surface area contributed by atoms with Crippen molar-refractivity contribution in [1.29, 1.82) is 0 Å². The van der Waals surface area contributed by atoms with E-state index in [2.05, 4.69) is 0 Å². The number of fused-ring (bicyclic) bond motifs is 1. The largest absolute Gasteiger partial charge is 0.466 e. The van der Waals surface area contributed by atoms with E-state index in [4.69, 9.17) is 4.74 Å². The summed E-state index contributed by atoms with van der Waals surface area (Å²) in [6.45, 7) is 4.54. The number of aromatic nitrogens is 1. The normalized spacial score (nSPS) is 10.8. The van der Waals surface area contributed by atoms with Crippen LogP contribution in [0.5, 0.6) is 0 Å². The highest BCUT2D eigenvalue weighted by Crippen LogP contribution is 2.29. The average molecular weight is 394 g/mol. The topological polar surface area (TPSA) is 91.4 Å². The highest BCUT2D eigenvalue weighted by Gasteiger charge is 2.22. The number of ketones is 1. The lowest BCUT2D eigenvalue weighted by Gasteiger charge is -2.09. The van der Waals surface area contributed by atoms with Crippen molar-refractivity contribution in [2.45, 2.75) is 33.2 Å². The number of para-hydroxylation sites is 1. The lowest BCUT2D eigenvalue weighted by Crippen LogP contribution is -2.08. The second-order valence-corrected chi connectivity index (χ2v) is 6.67. The molecule has 3 rings (SSSR count). The number of esters is 1. The number of aryl methyl sites for hydroxylation is 1. The summed E-state index contributed by atoms with van der Waals surface area (Å²) in [5.74, 6) is -0.499. The van der Waals surface area contributed by atoms with E-state index in [0.29, 0.717) is 31.6 Å². The molecule has 0 N–H and O–H groups in total. The second kappa shape index (κ2) is 8.68. The van der Waals surface area contributed by atoms with Gasteiger partial charge in [-0.25, -0.2) is 0 Å². The maximum Gasteiger partial charge on any atom is 0.305 e. The Morgan fingerprint density at radius 1 is 1.14 bits per heavy atom. The van der Waals surface area contributed by atoms with Crippen LogP contribution in [0.2, 0.25) is 0 Å². The van der Waals surface area contributed by atoms with Gasteiger partial charge in [-0.1, -0.05) is 30.3 Å². The van der Waals surface area contributed by atoms with Crippen LogP contribution < -0.4 is 0 Å². The maximum absolute atomic E-state index is 13.2. The molecular weight excluding hydrogens is 372 g/mol. The van der Waals surface area contributed by atoms with Crippen LogP contribution in [-0.4, -0.2) is 27.8 Å². The summed E-state index contributed by atoms with van der Waals surface area (Å²) < 4.78 is 6.99. The fourth-order valence-corrected chi connectivity index (χ4v) is 3.53. The number of hydrogen-bond donors (Lipinski definition) is 0. The van der Waals surface area contributed by atoms with Gasteiger partial charge in [0.2, 0.25) is 0 Å². The van der Waals surface area contributed by atoms with Crippen LogP contribution in [0.15, 0.2) is 48.5 Å². The first kappa shape index (κ1) is 20.3. The van der Waals surface area contributed by atoms with E-state index >= 15 is 0 Å². The molecule has 150 valence electrons. The van der Waals surface area contributed by atoms with Crippen molar-refractivity contribution in [3.8, 4) is 0 Å². The van der Waals surface area contributed by atoms with E-state index < -0.39 is 4.92 Å². The Morgan fingerprint density at radius 2 is 1.90 bits per heavy atom. The van der Waals surface area contributed by atoms with Crippen LogP contribution in [0.3, 0.4) is 0 Å². The zero-order chi connectivity index (χ0) is 21.0. The summed E-state index contributed by atoms with van der Waals surface area (Å²) in [5, 5.41) is 11.9. The van der Waals surface area contributed by atoms with E-state index in [1.807, 2.05) is 35.8 Å². The summed E-state index contributed by atoms with van der Waals surface area (Å²) in [7, 11) is 0. The van der Waals surface area contributed by atoms with Crippen molar-refractivity contribution in [3.63, 3.8) is 0 Å². The molecule has 0 saturated heterocycles. The molecule has 3 aromatic rings. The second-order valence-electron chi connectivity index (χ2n) is 6.67. The van der Waals surface area contributed by atoms with E-state index in [9.17, 15) is 19.7 Å². The van der Waals surface area contributed by atoms with E-state index in [1.165, 1.54) is 18.2 Å². The van der Waals surface area contributed by atoms with E-state index in [1.54, 1.807) is 13.0 Å². The highest BCUT2D eigenvalue weighted by molar-refractivity contribution is 6.17. The molecular formula is C22H22N2O5. The third-order valence-corrected chi connectivity index (χ3v) is 4.85. The predicted molar refractivity (Wildman–Crippen MR) is 109 cm³/mol. The van der Waals surface area contributed by atoms with Crippen molar-refractivity contribution in [1.82, 2.24) is 4.57 Å². The molecule has 0 radical (unpaired) electrons. The Bertz CT molecular complexity index is 1080. The molecule has 0 atom stereocenters. The lowest BCUT2D eigenvalue weighted by atomic mass is 10.00. The van der Waals surface area contributed by atoms with Crippen LogP contribution in [-0.2, 0) is 16.1 Å². The third kappa shape index (κ3) is 4.18. The van der Waals surface area contributed by atoms with Crippen molar-refractivity contribution in [2.24, 2.45) is 0 Å². The van der Waals surface area contributed by atoms with Gasteiger partial charge in [-0.15, -0.1) is 0 Å². The molecule has 7 heteroatoms. The van der Waals surface area contributed by atoms with Crippen LogP contribution in [0.25, 0.3) is 10.9 Å². The number of rotatable bonds is 8. The Hall–Kier alpha value is -3.48. The molecule has 0 aliphatic heterocycles. The van der Waals surface area contributed by atoms with E-state index in [0.717, 1.165) is 16.6 Å². The number of benzene rings is 2. The number of nitro benzene ring substituents is 1. The third-order valence-electron chi connectivity index (χ3n) is 4.85. The van der Waals surface area contributed by atoms with Crippen molar-refractivity contribution in [3.05, 3.63) is 75.5 Å². The Balaban J connectivity index is 1.97. The van der Waals surface area contributed by atoms with Gasteiger partial charge in [0.25, 0.3) is 5.69 Å². The van der Waals surface area contributed by atoms with Crippen LogP contribution >= 0.6 is 0 Å². The Morgan fingerprint density at radius 3 is 2.62 bits per heavy atom. The standard InChI is InChI=1S/C22H22N2O5/c1-3-29-20(25)12-7-13-23-15(2)21(18-10-4-5-11-19(18)23)22(26)16-8-6-9-17(14-16)24(27)28/h4-6,8-11,14H,3,7,12-13H2,1-2H3. The molecule has 0 spiro atoms. The number of hydrogen-bond acceptors (Lipinski definition) is 5. The quantitative estimate of drug-likeness (QED) is 0.244. The first-order valence-corrected chi connectivity index (χ1v) is 9.46. The zero-order valence-corrected chi connectivity index (χ0v) is 16.4. The summed E-state index contributed by atoms with van der Waals surface area (Å²) in [6.07, 6.45) is 0.886. The summed E-state index contributed by atoms with van der Waals surface area (Å²) >= 11 is 0. The Kier molecular flexibility index (Phi) is 6.07. The van der Waals surface area contributed by atoms with E-state index in [-0.39, 0.29) is 23.0 Å². The number of carbonyl (C=O) groups is 2. The number of non-ortho nitro benzene ring substituents is 1. The molecule has 0 saturated carbocycles. The lowest BCUT2D eigenvalue weighted by molar-refractivity contribution is -0.384. The number of nitro groups is 1. The Labute approximate surface area is 168 Å². The minimum atomic E-state index is -0.512. The molecule has 0 aliphatic carbocycles. The fourth-order valence-electron chi connectivity index (χ4n) is 3.53. The van der Waals surface area contributed by atoms with Gasteiger partial charge in [-0.3, -0.25) is 19.7 Å². The van der Waals surface area contributed by atoms with Gasteiger partial charge in [0, 0.05) is 47.3 Å². The molecule has 1 aromatic heterocycles. The number of nitrogens with zero attached hydrogens (tertiary/aromatic N) is 2. The summed E-state index contributed by atoms with van der Waals surface area (Å²) in [4.78, 5) is 35.4. The average Bonchev–Trinajstić information content (AvgIpc) is 2.99. The first-order chi connectivity index (χ1) is 13.9. The van der Waals surface area contributed by atoms with Gasteiger partial charge in [-0.05, 0) is 26.3 Å². The smallest absolute Gasteiger partial charge is 0.305 e. The molecule has 2 aromatic carbocycles. The minimum absolute atomic E-state index is 0.119. The van der Waals surface area contributed by atoms with Gasteiger partial charge >= 0.3 is 5.97 Å². The van der Waals surface area contributed by atoms with Gasteiger partial charge in [-0.2, -0.15) is 0 Å². The van der Waals surface area contributed by atoms with Gasteiger partial charge in [0.1, 0.15) is 0 Å². The van der Waals surface area contributed by atoms with Crippen LogP contribution in [0, 0.1) is 17.0 Å². The molecule has 0 fully saturated rings. The van der Waals surface area contributed by atoms with Crippen LogP contribution in [0.4, 0.5) is 5.69 Å². The molecule has 0 bridgehead atoms. The zero-order valence-electron chi connectivity index (χ0n) is 16.4.